The van der Waals surface area contributed by atoms with E-state index in [-0.39, 0.29) is 29.0 Å². The molecule has 2 N–H and O–H groups in total. The zero-order valence-electron chi connectivity index (χ0n) is 27.9. The maximum Gasteiger partial charge on any atom is 0.252 e. The highest BCUT2D eigenvalue weighted by atomic mass is 32.2. The molecule has 0 spiro atoms. The maximum absolute atomic E-state index is 14.2. The van der Waals surface area contributed by atoms with Crippen molar-refractivity contribution >= 4 is 49.8 Å². The first-order valence-electron chi connectivity index (χ1n) is 16.8. The minimum Gasteiger partial charge on any atom is -0.393 e. The van der Waals surface area contributed by atoms with Crippen LogP contribution in [0.1, 0.15) is 94.4 Å². The Morgan fingerprint density at radius 1 is 1.02 bits per heavy atom. The minimum absolute atomic E-state index is 0.0218. The molecule has 3 heterocycles. The van der Waals surface area contributed by atoms with Gasteiger partial charge in [0.2, 0.25) is 5.78 Å². The molecule has 48 heavy (non-hydrogen) atoms. The normalized spacial score (nSPS) is 25.2. The SMILES string of the molecule is CC1=CCC[C@@]2(C)[C@@H](CC[C@@]2(O)CN(CCc2cccs2)S(=O)(=O)c2cccs2)c2ccc(cc2C(=O)c2ccc(C)s2)C[C@@H](O)CC1. The molecule has 3 aliphatic rings. The third-order valence-electron chi connectivity index (χ3n) is 10.6. The number of rotatable bonds is 9. The molecule has 0 saturated heterocycles. The molecule has 7 rings (SSSR count). The number of nitrogens with zero attached hydrogens (tertiary/aromatic N) is 1. The molecule has 0 amide bonds. The van der Waals surface area contributed by atoms with E-state index in [1.54, 1.807) is 28.8 Å². The van der Waals surface area contributed by atoms with Gasteiger partial charge in [-0.05, 0) is 123 Å². The number of ketones is 1. The molecule has 1 fully saturated rings. The van der Waals surface area contributed by atoms with Crippen LogP contribution in [-0.4, -0.2) is 53.5 Å². The van der Waals surface area contributed by atoms with Gasteiger partial charge in [-0.1, -0.05) is 42.8 Å². The molecular formula is C38H45NO5S4. The van der Waals surface area contributed by atoms with Gasteiger partial charge in [0.1, 0.15) is 4.21 Å². The standard InChI is InChI=1S/C38H45NO5S4/c1-26-7-4-18-37(3)33(31-14-12-28(23-29(40)13-10-26)24-32(31)36(41)34-15-11-27(2)47-34)16-19-38(37,42)25-39(20-17-30-8-5-21-45-30)48(43,44)35-9-6-22-46-35/h5-9,11-12,14-15,21-22,24,29,33,40,42H,4,10,13,16-20,23,25H2,1-3H3/t29-,33-,37-,38+/m0/s1. The summed E-state index contributed by atoms with van der Waals surface area (Å²) in [5, 5.41) is 27.6. The predicted octanol–water partition coefficient (Wildman–Crippen LogP) is 8.38. The summed E-state index contributed by atoms with van der Waals surface area (Å²) in [4.78, 5) is 17.0. The maximum atomic E-state index is 14.2. The fourth-order valence-corrected chi connectivity index (χ4v) is 11.8. The van der Waals surface area contributed by atoms with Crippen molar-refractivity contribution < 1.29 is 23.4 Å². The molecular weight excluding hydrogens is 679 g/mol. The van der Waals surface area contributed by atoms with Crippen molar-refractivity contribution in [3.05, 3.63) is 108 Å². The third kappa shape index (κ3) is 7.22. The number of aliphatic hydroxyl groups excluding tert-OH is 1. The first-order valence-corrected chi connectivity index (χ1v) is 20.8. The largest absolute Gasteiger partial charge is 0.393 e. The molecule has 3 aliphatic carbocycles. The van der Waals surface area contributed by atoms with Crippen molar-refractivity contribution in [3.63, 3.8) is 0 Å². The van der Waals surface area contributed by atoms with E-state index in [1.807, 2.05) is 54.8 Å². The highest BCUT2D eigenvalue weighted by Crippen LogP contribution is 2.59. The summed E-state index contributed by atoms with van der Waals surface area (Å²) >= 11 is 4.28. The predicted molar refractivity (Wildman–Crippen MR) is 197 cm³/mol. The zero-order chi connectivity index (χ0) is 34.1. The lowest BCUT2D eigenvalue weighted by atomic mass is 9.65. The summed E-state index contributed by atoms with van der Waals surface area (Å²) in [5.41, 5.74) is 1.55. The summed E-state index contributed by atoms with van der Waals surface area (Å²) in [6.45, 7) is 6.43. The van der Waals surface area contributed by atoms with E-state index < -0.39 is 27.1 Å². The van der Waals surface area contributed by atoms with Crippen LogP contribution in [-0.2, 0) is 22.9 Å². The fourth-order valence-electron chi connectivity index (χ4n) is 7.69. The number of fused-ring (bicyclic) bond motifs is 8. The number of aliphatic hydroxyl groups is 2. The second kappa shape index (κ2) is 14.4. The summed E-state index contributed by atoms with van der Waals surface area (Å²) in [6, 6.07) is 17.2. The lowest BCUT2D eigenvalue weighted by Crippen LogP contribution is -2.54. The summed E-state index contributed by atoms with van der Waals surface area (Å²) < 4.78 is 30.1. The van der Waals surface area contributed by atoms with Gasteiger partial charge in [0, 0.05) is 33.8 Å². The number of aryl methyl sites for hydroxylation is 1. The number of allylic oxidation sites excluding steroid dienone is 2. The Kier molecular flexibility index (Phi) is 10.6. The molecule has 1 aromatic carbocycles. The van der Waals surface area contributed by atoms with E-state index in [2.05, 4.69) is 19.9 Å². The van der Waals surface area contributed by atoms with E-state index in [4.69, 9.17) is 0 Å². The van der Waals surface area contributed by atoms with Crippen LogP contribution < -0.4 is 0 Å². The average Bonchev–Trinajstić information content (AvgIpc) is 3.88. The lowest BCUT2D eigenvalue weighted by Gasteiger charge is -2.46. The van der Waals surface area contributed by atoms with Crippen molar-refractivity contribution in [3.8, 4) is 0 Å². The lowest BCUT2D eigenvalue weighted by molar-refractivity contribution is -0.0722. The van der Waals surface area contributed by atoms with Gasteiger partial charge < -0.3 is 10.2 Å². The third-order valence-corrected chi connectivity index (χ3v) is 15.7. The van der Waals surface area contributed by atoms with Crippen LogP contribution in [0, 0.1) is 12.3 Å². The first-order chi connectivity index (χ1) is 22.9. The molecule has 0 aliphatic heterocycles. The van der Waals surface area contributed by atoms with Crippen LogP contribution in [0.25, 0.3) is 0 Å². The molecule has 0 radical (unpaired) electrons. The molecule has 2 bridgehead atoms. The Morgan fingerprint density at radius 2 is 1.81 bits per heavy atom. The quantitative estimate of drug-likeness (QED) is 0.134. The van der Waals surface area contributed by atoms with Crippen molar-refractivity contribution in [2.24, 2.45) is 5.41 Å². The van der Waals surface area contributed by atoms with Crippen LogP contribution in [0.5, 0.6) is 0 Å². The fraction of sp³-hybridized carbons (Fsp3) is 0.447. The number of carbonyl (C=O) groups excluding carboxylic acids is 1. The minimum atomic E-state index is -3.86. The van der Waals surface area contributed by atoms with Crippen LogP contribution >= 0.6 is 34.0 Å². The van der Waals surface area contributed by atoms with Gasteiger partial charge in [-0.15, -0.1) is 34.0 Å². The number of hydrogen-bond donors (Lipinski definition) is 2. The van der Waals surface area contributed by atoms with E-state index in [0.29, 0.717) is 55.4 Å². The Labute approximate surface area is 296 Å². The topological polar surface area (TPSA) is 94.9 Å². The van der Waals surface area contributed by atoms with Crippen molar-refractivity contribution in [2.75, 3.05) is 13.1 Å². The smallest absolute Gasteiger partial charge is 0.252 e. The van der Waals surface area contributed by atoms with Gasteiger partial charge in [-0.3, -0.25) is 4.79 Å². The Bertz CT molecular complexity index is 1860. The van der Waals surface area contributed by atoms with Crippen LogP contribution in [0.4, 0.5) is 0 Å². The van der Waals surface area contributed by atoms with E-state index in [0.717, 1.165) is 27.3 Å². The van der Waals surface area contributed by atoms with E-state index in [9.17, 15) is 23.4 Å². The molecule has 4 aromatic rings. The van der Waals surface area contributed by atoms with Crippen LogP contribution in [0.3, 0.4) is 0 Å². The summed E-state index contributed by atoms with van der Waals surface area (Å²) in [7, 11) is -3.86. The summed E-state index contributed by atoms with van der Waals surface area (Å²) in [5.74, 6) is -0.223. The Balaban J connectivity index is 1.43. The zero-order valence-corrected chi connectivity index (χ0v) is 31.1. The van der Waals surface area contributed by atoms with Crippen LogP contribution in [0.15, 0.2) is 81.2 Å². The number of sulfonamides is 1. The molecule has 0 unspecified atom stereocenters. The van der Waals surface area contributed by atoms with Gasteiger partial charge in [0.15, 0.2) is 0 Å². The Hall–Kier alpha value is -2.44. The highest BCUT2D eigenvalue weighted by molar-refractivity contribution is 7.91. The Morgan fingerprint density at radius 3 is 2.52 bits per heavy atom. The van der Waals surface area contributed by atoms with Crippen molar-refractivity contribution in [1.82, 2.24) is 4.31 Å². The number of hydrogen-bond acceptors (Lipinski definition) is 8. The van der Waals surface area contributed by atoms with Gasteiger partial charge in [0.05, 0.1) is 16.6 Å². The van der Waals surface area contributed by atoms with Gasteiger partial charge >= 0.3 is 0 Å². The molecule has 6 nitrogen and oxygen atoms in total. The number of benzene rings is 1. The van der Waals surface area contributed by atoms with Gasteiger partial charge in [0.25, 0.3) is 10.0 Å². The molecule has 10 heteroatoms. The average molecular weight is 724 g/mol. The molecule has 256 valence electrons. The second-order valence-electron chi connectivity index (χ2n) is 13.8. The van der Waals surface area contributed by atoms with E-state index >= 15 is 0 Å². The number of thiophene rings is 3. The van der Waals surface area contributed by atoms with Crippen molar-refractivity contribution in [2.45, 2.75) is 94.0 Å². The highest BCUT2D eigenvalue weighted by Gasteiger charge is 2.58. The monoisotopic (exact) mass is 723 g/mol. The summed E-state index contributed by atoms with van der Waals surface area (Å²) in [6.07, 6.45) is 6.48. The van der Waals surface area contributed by atoms with Crippen LogP contribution in [0.2, 0.25) is 0 Å². The van der Waals surface area contributed by atoms with Gasteiger partial charge in [-0.25, -0.2) is 8.42 Å². The molecule has 3 aromatic heterocycles. The van der Waals surface area contributed by atoms with Gasteiger partial charge in [-0.2, -0.15) is 4.31 Å². The second-order valence-corrected chi connectivity index (χ2v) is 19.2. The number of carbonyl (C=O) groups is 1. The first kappa shape index (κ1) is 35.4. The van der Waals surface area contributed by atoms with E-state index in [1.165, 1.54) is 32.6 Å². The molecule has 4 atom stereocenters. The van der Waals surface area contributed by atoms with Crippen molar-refractivity contribution in [1.29, 1.82) is 0 Å². The molecule has 1 saturated carbocycles.